The number of aliphatic hydroxyl groups is 1. The Hall–Kier alpha value is -3.56. The summed E-state index contributed by atoms with van der Waals surface area (Å²) < 4.78 is 4.74. The Labute approximate surface area is 263 Å². The van der Waals surface area contributed by atoms with Gasteiger partial charge in [-0.15, -0.1) is 11.8 Å². The number of nitrogens with zero attached hydrogens (tertiary/aromatic N) is 3. The lowest BCUT2D eigenvalue weighted by atomic mass is 9.78. The zero-order valence-corrected chi connectivity index (χ0v) is 26.2. The molecule has 2 aromatic rings. The minimum Gasteiger partial charge on any atom is -0.465 e. The van der Waals surface area contributed by atoms with Crippen LogP contribution < -0.4 is 9.80 Å². The summed E-state index contributed by atoms with van der Waals surface area (Å²) in [6.45, 7) is 6.28. The van der Waals surface area contributed by atoms with Crippen molar-refractivity contribution in [1.82, 2.24) is 4.90 Å². The highest BCUT2D eigenvalue weighted by Gasteiger charge is 2.71. The number of hydrogen-bond acceptors (Lipinski definition) is 7. The fourth-order valence-corrected chi connectivity index (χ4v) is 9.37. The maximum atomic E-state index is 14.9. The van der Waals surface area contributed by atoms with Gasteiger partial charge in [-0.2, -0.15) is 0 Å². The van der Waals surface area contributed by atoms with E-state index in [-0.39, 0.29) is 29.6 Å². The van der Waals surface area contributed by atoms with Crippen LogP contribution in [0.25, 0.3) is 0 Å². The molecule has 4 aliphatic heterocycles. The quantitative estimate of drug-likeness (QED) is 0.355. The normalized spacial score (nSPS) is 29.8. The zero-order valence-electron chi connectivity index (χ0n) is 25.4. The Bertz CT molecular complexity index is 1430. The number of allylic oxidation sites excluding steroid dienone is 1. The molecule has 2 fully saturated rings. The topological polar surface area (TPSA) is 90.4 Å². The van der Waals surface area contributed by atoms with E-state index in [1.165, 1.54) is 11.8 Å². The molecule has 232 valence electrons. The number of fused-ring (bicyclic) bond motifs is 2. The molecule has 4 heterocycles. The second-order valence-corrected chi connectivity index (χ2v) is 13.3. The SMILES string of the molecule is CCN(CC)c1ccc(N2CC=C[C@]34S[C@@H]5/C=C\CCCCOC(=O)[C@@H]5[C@H]3C(=O)N([C@H](CO)c3ccccc3)C4C2=O)cc1. The largest absolute Gasteiger partial charge is 0.465 e. The number of rotatable bonds is 7. The standard InChI is InChI=1S/C35H41N3O5S/c1-3-36(4-2)25-16-18-26(19-17-25)37-21-12-20-35-30(29-28(44-35)15-10-5-6-11-22-43-34(29)42)32(40)38(31(35)33(37)41)27(23-39)24-13-8-7-9-14-24/h7-10,12-20,27-31,39H,3-6,11,21-23H2,1-2H3/b15-10-/t27-,28-,29+,30+,31?,35+/m1/s1. The van der Waals surface area contributed by atoms with Gasteiger partial charge in [0.2, 0.25) is 5.91 Å². The molecule has 6 atom stereocenters. The van der Waals surface area contributed by atoms with Gasteiger partial charge in [0.1, 0.15) is 6.04 Å². The lowest BCUT2D eigenvalue weighted by Gasteiger charge is -2.38. The van der Waals surface area contributed by atoms with Crippen molar-refractivity contribution < 1.29 is 24.2 Å². The molecule has 6 rings (SSSR count). The summed E-state index contributed by atoms with van der Waals surface area (Å²) >= 11 is 1.52. The number of carbonyl (C=O) groups is 3. The van der Waals surface area contributed by atoms with Crippen molar-refractivity contribution in [2.24, 2.45) is 11.8 Å². The van der Waals surface area contributed by atoms with Crippen LogP contribution >= 0.6 is 11.8 Å². The molecule has 4 aliphatic rings. The molecule has 44 heavy (non-hydrogen) atoms. The van der Waals surface area contributed by atoms with E-state index in [2.05, 4.69) is 24.8 Å². The average Bonchev–Trinajstić information content (AvgIpc) is 3.43. The number of ether oxygens (including phenoxy) is 1. The smallest absolute Gasteiger partial charge is 0.311 e. The van der Waals surface area contributed by atoms with Crippen LogP contribution in [0, 0.1) is 11.8 Å². The molecule has 2 saturated heterocycles. The van der Waals surface area contributed by atoms with Crippen molar-refractivity contribution in [2.75, 3.05) is 42.6 Å². The third-order valence-corrected chi connectivity index (χ3v) is 11.3. The van der Waals surface area contributed by atoms with Gasteiger partial charge in [0.25, 0.3) is 5.91 Å². The zero-order chi connectivity index (χ0) is 30.8. The van der Waals surface area contributed by atoms with E-state index in [1.807, 2.05) is 72.8 Å². The molecule has 0 bridgehead atoms. The third kappa shape index (κ3) is 5.13. The van der Waals surface area contributed by atoms with E-state index in [4.69, 9.17) is 4.74 Å². The second-order valence-electron chi connectivity index (χ2n) is 11.8. The molecule has 0 aromatic heterocycles. The van der Waals surface area contributed by atoms with Crippen LogP contribution in [0.2, 0.25) is 0 Å². The molecule has 2 amide bonds. The summed E-state index contributed by atoms with van der Waals surface area (Å²) in [5, 5.41) is 10.5. The Morgan fingerprint density at radius 1 is 1.00 bits per heavy atom. The van der Waals surface area contributed by atoms with Crippen molar-refractivity contribution >= 4 is 40.9 Å². The molecule has 1 spiro atoms. The molecular weight excluding hydrogens is 574 g/mol. The van der Waals surface area contributed by atoms with Gasteiger partial charge in [0.15, 0.2) is 0 Å². The molecule has 0 aliphatic carbocycles. The number of amides is 2. The highest BCUT2D eigenvalue weighted by atomic mass is 32.2. The van der Waals surface area contributed by atoms with Gasteiger partial charge in [-0.3, -0.25) is 14.4 Å². The summed E-state index contributed by atoms with van der Waals surface area (Å²) in [5.41, 5.74) is 2.56. The molecular formula is C35H41N3O5S. The number of hydrogen-bond donors (Lipinski definition) is 1. The van der Waals surface area contributed by atoms with E-state index in [0.717, 1.165) is 49.3 Å². The van der Waals surface area contributed by atoms with Gasteiger partial charge in [-0.05, 0) is 62.9 Å². The summed E-state index contributed by atoms with van der Waals surface area (Å²) in [4.78, 5) is 48.8. The van der Waals surface area contributed by atoms with Crippen molar-refractivity contribution in [3.8, 4) is 0 Å². The Morgan fingerprint density at radius 3 is 2.45 bits per heavy atom. The number of anilines is 2. The van der Waals surface area contributed by atoms with Crippen LogP contribution in [-0.4, -0.2) is 76.7 Å². The van der Waals surface area contributed by atoms with E-state index < -0.39 is 28.7 Å². The van der Waals surface area contributed by atoms with E-state index in [9.17, 15) is 19.5 Å². The summed E-state index contributed by atoms with van der Waals surface area (Å²) in [6.07, 6.45) is 10.7. The number of esters is 1. The predicted octanol–water partition coefficient (Wildman–Crippen LogP) is 4.75. The molecule has 8 nitrogen and oxygen atoms in total. The molecule has 9 heteroatoms. The maximum absolute atomic E-state index is 14.9. The van der Waals surface area contributed by atoms with E-state index >= 15 is 0 Å². The van der Waals surface area contributed by atoms with Gasteiger partial charge in [0.05, 0.1) is 35.8 Å². The van der Waals surface area contributed by atoms with Crippen molar-refractivity contribution in [3.05, 3.63) is 84.5 Å². The first-order chi connectivity index (χ1) is 21.4. The summed E-state index contributed by atoms with van der Waals surface area (Å²) in [6, 6.07) is 15.6. The average molecular weight is 616 g/mol. The summed E-state index contributed by atoms with van der Waals surface area (Å²) in [5.74, 6) is -2.44. The van der Waals surface area contributed by atoms with Crippen molar-refractivity contribution in [3.63, 3.8) is 0 Å². The highest BCUT2D eigenvalue weighted by Crippen LogP contribution is 2.62. The predicted molar refractivity (Wildman–Crippen MR) is 173 cm³/mol. The molecule has 2 aromatic carbocycles. The van der Waals surface area contributed by atoms with Crippen LogP contribution in [0.3, 0.4) is 0 Å². The van der Waals surface area contributed by atoms with Crippen LogP contribution in [-0.2, 0) is 19.1 Å². The number of thioether (sulfide) groups is 1. The van der Waals surface area contributed by atoms with Gasteiger partial charge in [-0.1, -0.05) is 54.6 Å². The maximum Gasteiger partial charge on any atom is 0.311 e. The fraction of sp³-hybridized carbons (Fsp3) is 0.457. The van der Waals surface area contributed by atoms with Gasteiger partial charge in [0, 0.05) is 36.3 Å². The fourth-order valence-electron chi connectivity index (χ4n) is 7.39. The molecule has 0 saturated carbocycles. The first-order valence-corrected chi connectivity index (χ1v) is 16.7. The highest BCUT2D eigenvalue weighted by molar-refractivity contribution is 8.02. The van der Waals surface area contributed by atoms with Gasteiger partial charge in [-0.25, -0.2) is 0 Å². The number of aliphatic hydroxyl groups excluding tert-OH is 1. The van der Waals surface area contributed by atoms with Crippen LogP contribution in [0.1, 0.15) is 44.7 Å². The van der Waals surface area contributed by atoms with Crippen LogP contribution in [0.15, 0.2) is 78.9 Å². The number of carbonyl (C=O) groups excluding carboxylic acids is 3. The first-order valence-electron chi connectivity index (χ1n) is 15.8. The molecule has 0 radical (unpaired) electrons. The van der Waals surface area contributed by atoms with Crippen molar-refractivity contribution in [1.29, 1.82) is 0 Å². The van der Waals surface area contributed by atoms with Crippen LogP contribution in [0.4, 0.5) is 11.4 Å². The summed E-state index contributed by atoms with van der Waals surface area (Å²) in [7, 11) is 0. The second kappa shape index (κ2) is 12.8. The minimum absolute atomic E-state index is 0.218. The Balaban J connectivity index is 1.46. The van der Waals surface area contributed by atoms with Gasteiger partial charge >= 0.3 is 5.97 Å². The number of cyclic esters (lactones) is 1. The first kappa shape index (κ1) is 30.5. The van der Waals surface area contributed by atoms with Crippen molar-refractivity contribution in [2.45, 2.75) is 55.2 Å². The van der Waals surface area contributed by atoms with Gasteiger partial charge < -0.3 is 24.5 Å². The minimum atomic E-state index is -1.00. The third-order valence-electron chi connectivity index (χ3n) is 9.52. The Morgan fingerprint density at radius 2 is 1.75 bits per heavy atom. The monoisotopic (exact) mass is 615 g/mol. The lowest BCUT2D eigenvalue weighted by Crippen LogP contribution is -2.54. The van der Waals surface area contributed by atoms with E-state index in [1.54, 1.807) is 9.80 Å². The van der Waals surface area contributed by atoms with Crippen LogP contribution in [0.5, 0.6) is 0 Å². The number of benzene rings is 2. The Kier molecular flexibility index (Phi) is 8.87. The molecule has 1 N–H and O–H groups in total. The lowest BCUT2D eigenvalue weighted by molar-refractivity contribution is -0.153. The molecule has 1 unspecified atom stereocenters. The number of likely N-dealkylation sites (tertiary alicyclic amines) is 1. The van der Waals surface area contributed by atoms with E-state index in [0.29, 0.717) is 13.2 Å².